The van der Waals surface area contributed by atoms with Gasteiger partial charge in [0.2, 0.25) is 5.91 Å². The van der Waals surface area contributed by atoms with Gasteiger partial charge < -0.3 is 10.6 Å². The number of Topliss-reactive ketones (excluding diaryl/α,β-unsaturated/α-hetero) is 1. The van der Waals surface area contributed by atoms with E-state index in [4.69, 9.17) is 0 Å². The van der Waals surface area contributed by atoms with E-state index >= 15 is 0 Å². The first-order chi connectivity index (χ1) is 10.8. The zero-order chi connectivity index (χ0) is 17.0. The lowest BCUT2D eigenvalue weighted by molar-refractivity contribution is -0.119. The number of ketones is 1. The van der Waals surface area contributed by atoms with Gasteiger partial charge in [0.1, 0.15) is 11.6 Å². The maximum atomic E-state index is 13.7. The molecule has 1 amide bonds. The van der Waals surface area contributed by atoms with Crippen LogP contribution in [0.25, 0.3) is 0 Å². The summed E-state index contributed by atoms with van der Waals surface area (Å²) in [7, 11) is -3.96. The van der Waals surface area contributed by atoms with Gasteiger partial charge in [0.25, 0.3) is 0 Å². The first-order valence-corrected chi connectivity index (χ1v) is 8.98. The highest BCUT2D eigenvalue weighted by molar-refractivity contribution is 7.92. The summed E-state index contributed by atoms with van der Waals surface area (Å²) in [5.74, 6) is -2.76. The zero-order valence-corrected chi connectivity index (χ0v) is 14.8. The van der Waals surface area contributed by atoms with E-state index in [1.807, 2.05) is 0 Å². The summed E-state index contributed by atoms with van der Waals surface area (Å²) in [6, 6.07) is 2.95. The van der Waals surface area contributed by atoms with Crippen LogP contribution < -0.4 is 10.6 Å². The monoisotopic (exact) mass is 378 g/mol. The molecule has 1 fully saturated rings. The summed E-state index contributed by atoms with van der Waals surface area (Å²) < 4.78 is 38.1. The number of benzene rings is 1. The Balaban J connectivity index is 0.00000288. The zero-order valence-electron chi connectivity index (χ0n) is 13.2. The second-order valence-corrected chi connectivity index (χ2v) is 7.56. The van der Waals surface area contributed by atoms with Crippen LogP contribution in [0.1, 0.15) is 30.1 Å². The third-order valence-electron chi connectivity index (χ3n) is 3.66. The summed E-state index contributed by atoms with van der Waals surface area (Å²) in [6.45, 7) is 2.68. The molecule has 9 heteroatoms. The molecule has 6 nitrogen and oxygen atoms in total. The van der Waals surface area contributed by atoms with Crippen molar-refractivity contribution in [3.8, 4) is 0 Å². The van der Waals surface area contributed by atoms with Crippen molar-refractivity contribution in [2.45, 2.75) is 30.7 Å². The fourth-order valence-corrected chi connectivity index (χ4v) is 3.63. The van der Waals surface area contributed by atoms with Crippen LogP contribution in [-0.2, 0) is 14.6 Å². The predicted molar refractivity (Wildman–Crippen MR) is 89.7 cm³/mol. The van der Waals surface area contributed by atoms with Gasteiger partial charge in [-0.3, -0.25) is 9.59 Å². The predicted octanol–water partition coefficient (Wildman–Crippen LogP) is 1.09. The number of piperidine rings is 1. The van der Waals surface area contributed by atoms with Crippen LogP contribution in [0.4, 0.5) is 4.39 Å². The van der Waals surface area contributed by atoms with Gasteiger partial charge in [-0.05, 0) is 44.5 Å². The fourth-order valence-electron chi connectivity index (χ4n) is 2.48. The van der Waals surface area contributed by atoms with Crippen LogP contribution >= 0.6 is 12.4 Å². The van der Waals surface area contributed by atoms with Gasteiger partial charge >= 0.3 is 0 Å². The van der Waals surface area contributed by atoms with Gasteiger partial charge in [0.05, 0.1) is 10.5 Å². The fraction of sp³-hybridized carbons (Fsp3) is 0.467. The lowest BCUT2D eigenvalue weighted by atomic mass is 10.1. The summed E-state index contributed by atoms with van der Waals surface area (Å²) >= 11 is 0. The Kier molecular flexibility index (Phi) is 7.31. The molecule has 1 aliphatic rings. The van der Waals surface area contributed by atoms with E-state index in [2.05, 4.69) is 10.6 Å². The quantitative estimate of drug-likeness (QED) is 0.748. The third-order valence-corrected chi connectivity index (χ3v) is 5.28. The molecule has 0 unspecified atom stereocenters. The highest BCUT2D eigenvalue weighted by Gasteiger charge is 2.23. The van der Waals surface area contributed by atoms with E-state index in [1.165, 1.54) is 6.92 Å². The normalized spacial score (nSPS) is 17.7. The number of sulfone groups is 1. The number of hydrogen-bond donors (Lipinski definition) is 2. The van der Waals surface area contributed by atoms with Crippen molar-refractivity contribution < 1.29 is 22.4 Å². The first-order valence-electron chi connectivity index (χ1n) is 7.33. The molecule has 1 saturated heterocycles. The van der Waals surface area contributed by atoms with Crippen LogP contribution in [0.3, 0.4) is 0 Å². The van der Waals surface area contributed by atoms with Crippen LogP contribution in [0.15, 0.2) is 23.1 Å². The molecule has 2 N–H and O–H groups in total. The Morgan fingerprint density at radius 1 is 1.38 bits per heavy atom. The average Bonchev–Trinajstić information content (AvgIpc) is 2.47. The second kappa shape index (κ2) is 8.55. The largest absolute Gasteiger partial charge is 0.351 e. The number of amides is 1. The number of carbonyl (C=O) groups excluding carboxylic acids is 2. The maximum Gasteiger partial charge on any atom is 0.235 e. The third kappa shape index (κ3) is 5.25. The average molecular weight is 379 g/mol. The molecule has 0 bridgehead atoms. The summed E-state index contributed by atoms with van der Waals surface area (Å²) in [4.78, 5) is 22.8. The number of rotatable bonds is 5. The first kappa shape index (κ1) is 20.5. The molecule has 0 aliphatic carbocycles. The minimum absolute atomic E-state index is 0. The number of nitrogens with one attached hydrogen (secondary N) is 2. The Bertz CT molecular complexity index is 718. The molecule has 1 aromatic carbocycles. The number of halogens is 2. The van der Waals surface area contributed by atoms with Crippen LogP contribution in [0.2, 0.25) is 0 Å². The van der Waals surface area contributed by atoms with Crippen molar-refractivity contribution in [2.24, 2.45) is 0 Å². The van der Waals surface area contributed by atoms with Gasteiger partial charge in [0, 0.05) is 12.6 Å². The smallest absolute Gasteiger partial charge is 0.235 e. The van der Waals surface area contributed by atoms with Gasteiger partial charge in [0.15, 0.2) is 15.6 Å². The topological polar surface area (TPSA) is 92.3 Å². The van der Waals surface area contributed by atoms with Gasteiger partial charge in [-0.15, -0.1) is 12.4 Å². The standard InChI is InChI=1S/C15H19FN2O4S.ClH/c1-10(19)13-5-4-12(7-14(13)16)23(21,22)9-15(20)18-11-3-2-6-17-8-11;/h4-5,7,11,17H,2-3,6,8-9H2,1H3,(H,18,20);1H/t11-;/m0./s1. The molecule has 0 saturated carbocycles. The van der Waals surface area contributed by atoms with Crippen molar-refractivity contribution in [3.05, 3.63) is 29.6 Å². The van der Waals surface area contributed by atoms with Crippen molar-refractivity contribution in [1.82, 2.24) is 10.6 Å². The van der Waals surface area contributed by atoms with E-state index in [-0.39, 0.29) is 28.9 Å². The van der Waals surface area contributed by atoms with Gasteiger partial charge in [-0.1, -0.05) is 0 Å². The second-order valence-electron chi connectivity index (χ2n) is 5.57. The highest BCUT2D eigenvalue weighted by Crippen LogP contribution is 2.17. The number of hydrogen-bond acceptors (Lipinski definition) is 5. The van der Waals surface area contributed by atoms with E-state index in [1.54, 1.807) is 0 Å². The van der Waals surface area contributed by atoms with E-state index < -0.39 is 33.1 Å². The molecule has 1 aliphatic heterocycles. The van der Waals surface area contributed by atoms with Crippen molar-refractivity contribution in [3.63, 3.8) is 0 Å². The number of carbonyl (C=O) groups is 2. The Hall–Kier alpha value is -1.51. The Morgan fingerprint density at radius 3 is 2.62 bits per heavy atom. The molecular weight excluding hydrogens is 359 g/mol. The van der Waals surface area contributed by atoms with Crippen molar-refractivity contribution in [1.29, 1.82) is 0 Å². The lowest BCUT2D eigenvalue weighted by Gasteiger charge is -2.23. The Labute approximate surface area is 146 Å². The van der Waals surface area contributed by atoms with Gasteiger partial charge in [-0.25, -0.2) is 12.8 Å². The molecule has 2 rings (SSSR count). The summed E-state index contributed by atoms with van der Waals surface area (Å²) in [5.41, 5.74) is -0.179. The van der Waals surface area contributed by atoms with E-state index in [9.17, 15) is 22.4 Å². The molecule has 1 heterocycles. The molecule has 0 aromatic heterocycles. The van der Waals surface area contributed by atoms with E-state index in [0.29, 0.717) is 6.54 Å². The summed E-state index contributed by atoms with van der Waals surface area (Å²) in [6.07, 6.45) is 1.70. The van der Waals surface area contributed by atoms with Crippen molar-refractivity contribution >= 4 is 33.9 Å². The van der Waals surface area contributed by atoms with Crippen LogP contribution in [-0.4, -0.2) is 45.0 Å². The lowest BCUT2D eigenvalue weighted by Crippen LogP contribution is -2.47. The van der Waals surface area contributed by atoms with Gasteiger partial charge in [-0.2, -0.15) is 0 Å². The molecule has 0 radical (unpaired) electrons. The minimum Gasteiger partial charge on any atom is -0.351 e. The Morgan fingerprint density at radius 2 is 2.08 bits per heavy atom. The van der Waals surface area contributed by atoms with Crippen LogP contribution in [0, 0.1) is 5.82 Å². The molecule has 24 heavy (non-hydrogen) atoms. The van der Waals surface area contributed by atoms with E-state index in [0.717, 1.165) is 37.6 Å². The minimum atomic E-state index is -3.96. The highest BCUT2D eigenvalue weighted by atomic mass is 35.5. The molecule has 1 atom stereocenters. The van der Waals surface area contributed by atoms with Crippen LogP contribution in [0.5, 0.6) is 0 Å². The summed E-state index contributed by atoms with van der Waals surface area (Å²) in [5, 5.41) is 5.77. The maximum absolute atomic E-state index is 13.7. The van der Waals surface area contributed by atoms with Crippen molar-refractivity contribution in [2.75, 3.05) is 18.8 Å². The molecule has 134 valence electrons. The molecule has 1 aromatic rings. The SMILES string of the molecule is CC(=O)c1ccc(S(=O)(=O)CC(=O)N[C@H]2CCCNC2)cc1F.Cl. The molecular formula is C15H20ClFN2O4S. The molecule has 0 spiro atoms.